The lowest BCUT2D eigenvalue weighted by Crippen LogP contribution is -2.11. The molecule has 0 bridgehead atoms. The SMILES string of the molecule is CCCC/C(NC)=C(C#N)\C(CCCC)=C(/C)CCC. The highest BCUT2D eigenvalue weighted by Crippen LogP contribution is 2.26. The van der Waals surface area contributed by atoms with E-state index in [2.05, 4.69) is 39.1 Å². The number of unbranched alkanes of at least 4 members (excludes halogenated alkanes) is 2. The van der Waals surface area contributed by atoms with Crippen LogP contribution in [-0.2, 0) is 0 Å². The van der Waals surface area contributed by atoms with E-state index in [-0.39, 0.29) is 0 Å². The van der Waals surface area contributed by atoms with E-state index in [0.29, 0.717) is 0 Å². The van der Waals surface area contributed by atoms with E-state index in [1.807, 2.05) is 7.05 Å². The number of allylic oxidation sites excluding steroid dienone is 4. The topological polar surface area (TPSA) is 35.8 Å². The van der Waals surface area contributed by atoms with E-state index >= 15 is 0 Å². The van der Waals surface area contributed by atoms with Crippen LogP contribution in [-0.4, -0.2) is 7.05 Å². The molecule has 0 amide bonds. The van der Waals surface area contributed by atoms with Crippen molar-refractivity contribution in [3.63, 3.8) is 0 Å². The zero-order chi connectivity index (χ0) is 15.4. The van der Waals surface area contributed by atoms with Crippen LogP contribution in [0.25, 0.3) is 0 Å². The summed E-state index contributed by atoms with van der Waals surface area (Å²) in [6, 6.07) is 2.47. The van der Waals surface area contributed by atoms with Gasteiger partial charge in [0.15, 0.2) is 0 Å². The van der Waals surface area contributed by atoms with Gasteiger partial charge >= 0.3 is 0 Å². The van der Waals surface area contributed by atoms with E-state index in [9.17, 15) is 5.26 Å². The molecule has 0 spiro atoms. The second-order valence-corrected chi connectivity index (χ2v) is 5.43. The Labute approximate surface area is 126 Å². The molecule has 0 radical (unpaired) electrons. The lowest BCUT2D eigenvalue weighted by molar-refractivity contribution is 0.728. The molecule has 0 aromatic heterocycles. The van der Waals surface area contributed by atoms with Crippen LogP contribution in [0.1, 0.15) is 79.1 Å². The predicted octanol–water partition coefficient (Wildman–Crippen LogP) is 5.48. The van der Waals surface area contributed by atoms with Gasteiger partial charge < -0.3 is 5.32 Å². The van der Waals surface area contributed by atoms with Gasteiger partial charge in [-0.05, 0) is 44.6 Å². The Morgan fingerprint density at radius 2 is 1.55 bits per heavy atom. The minimum Gasteiger partial charge on any atom is -0.390 e. The van der Waals surface area contributed by atoms with Gasteiger partial charge in [-0.3, -0.25) is 0 Å². The molecular weight excluding hydrogens is 244 g/mol. The Morgan fingerprint density at radius 1 is 0.950 bits per heavy atom. The molecular formula is C18H32N2. The van der Waals surface area contributed by atoms with E-state index in [0.717, 1.165) is 56.2 Å². The van der Waals surface area contributed by atoms with Crippen LogP contribution in [0.2, 0.25) is 0 Å². The van der Waals surface area contributed by atoms with E-state index in [4.69, 9.17) is 0 Å². The third kappa shape index (κ3) is 6.28. The highest BCUT2D eigenvalue weighted by molar-refractivity contribution is 5.47. The van der Waals surface area contributed by atoms with Crippen LogP contribution in [0.3, 0.4) is 0 Å². The van der Waals surface area contributed by atoms with Gasteiger partial charge in [-0.1, -0.05) is 45.6 Å². The summed E-state index contributed by atoms with van der Waals surface area (Å²) in [6.45, 7) is 8.79. The largest absolute Gasteiger partial charge is 0.390 e. The average molecular weight is 276 g/mol. The van der Waals surface area contributed by atoms with Crippen LogP contribution in [0.15, 0.2) is 22.4 Å². The molecule has 20 heavy (non-hydrogen) atoms. The second kappa shape index (κ2) is 11.6. The summed E-state index contributed by atoms with van der Waals surface area (Å²) in [5, 5.41) is 12.9. The van der Waals surface area contributed by atoms with Gasteiger partial charge in [-0.15, -0.1) is 0 Å². The summed E-state index contributed by atoms with van der Waals surface area (Å²) in [5.74, 6) is 0. The first-order valence-corrected chi connectivity index (χ1v) is 8.16. The van der Waals surface area contributed by atoms with Gasteiger partial charge in [0.05, 0.1) is 5.57 Å². The van der Waals surface area contributed by atoms with E-state index < -0.39 is 0 Å². The van der Waals surface area contributed by atoms with Crippen molar-refractivity contribution < 1.29 is 0 Å². The lowest BCUT2D eigenvalue weighted by Gasteiger charge is -2.16. The molecule has 0 aliphatic heterocycles. The first-order chi connectivity index (χ1) is 9.65. The number of hydrogen-bond donors (Lipinski definition) is 1. The molecule has 114 valence electrons. The second-order valence-electron chi connectivity index (χ2n) is 5.43. The van der Waals surface area contributed by atoms with Crippen LogP contribution >= 0.6 is 0 Å². The number of hydrogen-bond acceptors (Lipinski definition) is 2. The monoisotopic (exact) mass is 276 g/mol. The van der Waals surface area contributed by atoms with Crippen LogP contribution in [0.5, 0.6) is 0 Å². The molecule has 0 saturated carbocycles. The van der Waals surface area contributed by atoms with Gasteiger partial charge in [0.1, 0.15) is 6.07 Å². The molecule has 2 nitrogen and oxygen atoms in total. The number of nitrogens with zero attached hydrogens (tertiary/aromatic N) is 1. The molecule has 0 unspecified atom stereocenters. The van der Waals surface area contributed by atoms with Crippen molar-refractivity contribution in [2.24, 2.45) is 0 Å². The molecule has 2 heteroatoms. The van der Waals surface area contributed by atoms with Crippen LogP contribution in [0, 0.1) is 11.3 Å². The van der Waals surface area contributed by atoms with Crippen LogP contribution < -0.4 is 5.32 Å². The fourth-order valence-electron chi connectivity index (χ4n) is 2.48. The maximum absolute atomic E-state index is 9.63. The Kier molecular flexibility index (Phi) is 10.9. The molecule has 0 saturated heterocycles. The summed E-state index contributed by atoms with van der Waals surface area (Å²) in [5.41, 5.74) is 4.70. The molecule has 0 rings (SSSR count). The zero-order valence-electron chi connectivity index (χ0n) is 14.1. The molecule has 0 atom stereocenters. The molecule has 0 aliphatic carbocycles. The minimum atomic E-state index is 0.903. The number of nitriles is 1. The summed E-state index contributed by atoms with van der Waals surface area (Å²) >= 11 is 0. The molecule has 0 heterocycles. The average Bonchev–Trinajstić information content (AvgIpc) is 2.46. The maximum Gasteiger partial charge on any atom is 0.101 e. The molecule has 0 aromatic rings. The van der Waals surface area contributed by atoms with Crippen molar-refractivity contribution in [1.29, 1.82) is 5.26 Å². The van der Waals surface area contributed by atoms with E-state index in [1.165, 1.54) is 17.6 Å². The highest BCUT2D eigenvalue weighted by Gasteiger charge is 2.13. The minimum absolute atomic E-state index is 0.903. The lowest BCUT2D eigenvalue weighted by atomic mass is 9.91. The fraction of sp³-hybridized carbons (Fsp3) is 0.722. The summed E-state index contributed by atoms with van der Waals surface area (Å²) in [7, 11) is 1.94. The first-order valence-electron chi connectivity index (χ1n) is 8.16. The number of nitrogens with one attached hydrogen (secondary N) is 1. The highest BCUT2D eigenvalue weighted by atomic mass is 14.8. The van der Waals surface area contributed by atoms with Gasteiger partial charge in [0.2, 0.25) is 0 Å². The molecule has 0 aromatic carbocycles. The van der Waals surface area contributed by atoms with Crippen molar-refractivity contribution in [3.05, 3.63) is 22.4 Å². The molecule has 0 fully saturated rings. The summed E-state index contributed by atoms with van der Waals surface area (Å²) in [6.07, 6.45) is 8.87. The fourth-order valence-corrected chi connectivity index (χ4v) is 2.48. The standard InChI is InChI=1S/C18H32N2/c1-6-9-12-16(15(4)11-8-3)17(14-19)18(20-5)13-10-7-2/h20H,6-13H2,1-5H3/b16-15+,18-17+. The van der Waals surface area contributed by atoms with Gasteiger partial charge in [-0.2, -0.15) is 5.26 Å². The first kappa shape index (κ1) is 18.8. The van der Waals surface area contributed by atoms with Crippen LogP contribution in [0.4, 0.5) is 0 Å². The number of rotatable bonds is 10. The Morgan fingerprint density at radius 3 is 2.00 bits per heavy atom. The van der Waals surface area contributed by atoms with Crippen molar-refractivity contribution in [3.8, 4) is 6.07 Å². The smallest absolute Gasteiger partial charge is 0.101 e. The zero-order valence-corrected chi connectivity index (χ0v) is 14.1. The Hall–Kier alpha value is -1.23. The van der Waals surface area contributed by atoms with Crippen molar-refractivity contribution >= 4 is 0 Å². The van der Waals surface area contributed by atoms with Gasteiger partial charge in [0, 0.05) is 12.7 Å². The quantitative estimate of drug-likeness (QED) is 0.423. The van der Waals surface area contributed by atoms with Gasteiger partial charge in [0.25, 0.3) is 0 Å². The van der Waals surface area contributed by atoms with Crippen molar-refractivity contribution in [1.82, 2.24) is 5.32 Å². The Balaban J connectivity index is 5.51. The third-order valence-corrected chi connectivity index (χ3v) is 3.72. The van der Waals surface area contributed by atoms with Crippen molar-refractivity contribution in [2.45, 2.75) is 79.1 Å². The Bertz CT molecular complexity index is 369. The van der Waals surface area contributed by atoms with Crippen molar-refractivity contribution in [2.75, 3.05) is 7.05 Å². The summed E-state index contributed by atoms with van der Waals surface area (Å²) < 4.78 is 0. The molecule has 1 N–H and O–H groups in total. The van der Waals surface area contributed by atoms with E-state index in [1.54, 1.807) is 0 Å². The van der Waals surface area contributed by atoms with Gasteiger partial charge in [-0.25, -0.2) is 0 Å². The predicted molar refractivity (Wildman–Crippen MR) is 88.4 cm³/mol. The summed E-state index contributed by atoms with van der Waals surface area (Å²) in [4.78, 5) is 0. The molecule has 0 aliphatic rings. The normalized spacial score (nSPS) is 13.4. The maximum atomic E-state index is 9.63. The third-order valence-electron chi connectivity index (χ3n) is 3.72.